The maximum absolute atomic E-state index is 13.5. The Balaban J connectivity index is 0.00000588. The molecule has 1 heterocycles. The molecule has 2 aliphatic rings. The molecule has 1 saturated carbocycles. The number of amides is 3. The zero-order chi connectivity index (χ0) is 29.7. The molecule has 232 valence electrons. The number of nitrogens with one attached hydrogen (secondary N) is 2. The van der Waals surface area contributed by atoms with Crippen molar-refractivity contribution in [3.8, 4) is 0 Å². The number of para-hydroxylation sites is 1. The fourth-order valence-corrected chi connectivity index (χ4v) is 6.06. The van der Waals surface area contributed by atoms with Crippen LogP contribution in [0.1, 0.15) is 71.8 Å². The Morgan fingerprint density at radius 1 is 1.12 bits per heavy atom. The van der Waals surface area contributed by atoms with E-state index in [0.29, 0.717) is 32.2 Å². The second-order valence-electron chi connectivity index (χ2n) is 12.9. The molecule has 3 atom stereocenters. The van der Waals surface area contributed by atoms with Crippen molar-refractivity contribution in [1.82, 2.24) is 10.6 Å². The van der Waals surface area contributed by atoms with Gasteiger partial charge in [-0.05, 0) is 61.5 Å². The number of benzene rings is 1. The summed E-state index contributed by atoms with van der Waals surface area (Å²) in [6.45, 7) is 8.07. The van der Waals surface area contributed by atoms with Crippen LogP contribution in [0.2, 0.25) is 0 Å². The van der Waals surface area contributed by atoms with Crippen molar-refractivity contribution in [3.05, 3.63) is 29.8 Å². The van der Waals surface area contributed by atoms with Gasteiger partial charge in [0.2, 0.25) is 11.8 Å². The summed E-state index contributed by atoms with van der Waals surface area (Å²) in [5.74, 6) is -0.0504. The highest BCUT2D eigenvalue weighted by Gasteiger charge is 2.39. The van der Waals surface area contributed by atoms with Crippen molar-refractivity contribution in [2.45, 2.75) is 96.9 Å². The predicted octanol–water partition coefficient (Wildman–Crippen LogP) is 2.91. The SMILES string of the molecule is COC(=O)NC1Cc2ccccc2N(C(=O)CC(C)(C)C[C@H](N)[C@@H](O)CNC(=O)C(C)(C)C2CCC(O)CC2)C1.Cl. The van der Waals surface area contributed by atoms with Gasteiger partial charge >= 0.3 is 6.09 Å². The van der Waals surface area contributed by atoms with E-state index < -0.39 is 29.1 Å². The van der Waals surface area contributed by atoms with Gasteiger partial charge in [0, 0.05) is 36.7 Å². The maximum Gasteiger partial charge on any atom is 0.407 e. The zero-order valence-corrected chi connectivity index (χ0v) is 25.8. The molecule has 3 rings (SSSR count). The Morgan fingerprint density at radius 2 is 1.76 bits per heavy atom. The normalized spacial score (nSPS) is 22.4. The average molecular weight is 597 g/mol. The van der Waals surface area contributed by atoms with Crippen LogP contribution >= 0.6 is 12.4 Å². The van der Waals surface area contributed by atoms with E-state index in [4.69, 9.17) is 10.5 Å². The smallest absolute Gasteiger partial charge is 0.407 e. The van der Waals surface area contributed by atoms with Crippen LogP contribution in [0.25, 0.3) is 0 Å². The van der Waals surface area contributed by atoms with E-state index >= 15 is 0 Å². The molecule has 6 N–H and O–H groups in total. The van der Waals surface area contributed by atoms with Gasteiger partial charge in [-0.15, -0.1) is 12.4 Å². The Morgan fingerprint density at radius 3 is 2.39 bits per heavy atom. The minimum Gasteiger partial charge on any atom is -0.453 e. The summed E-state index contributed by atoms with van der Waals surface area (Å²) >= 11 is 0. The van der Waals surface area contributed by atoms with Crippen LogP contribution in [0, 0.1) is 16.7 Å². The van der Waals surface area contributed by atoms with Crippen molar-refractivity contribution < 1.29 is 29.3 Å². The van der Waals surface area contributed by atoms with Gasteiger partial charge in [0.15, 0.2) is 0 Å². The minimum absolute atomic E-state index is 0. The quantitative estimate of drug-likeness (QED) is 0.278. The van der Waals surface area contributed by atoms with Gasteiger partial charge in [0.05, 0.1) is 25.4 Å². The molecule has 0 bridgehead atoms. The van der Waals surface area contributed by atoms with Crippen molar-refractivity contribution in [1.29, 1.82) is 0 Å². The standard InChI is InChI=1S/C30H48N4O6.ClH/c1-29(2,15-23(31)25(36)17-32-27(38)30(3,4)20-10-12-22(35)13-11-20)16-26(37)34-18-21(33-28(39)40-5)14-19-8-6-7-9-24(19)34;/h6-9,20-23,25,35-36H,10-18,31H2,1-5H3,(H,32,38)(H,33,39);1H/t20?,21?,22?,23-,25-;/m0./s1. The van der Waals surface area contributed by atoms with E-state index in [1.54, 1.807) is 4.90 Å². The summed E-state index contributed by atoms with van der Waals surface area (Å²) in [6.07, 6.45) is 2.38. The van der Waals surface area contributed by atoms with Crippen LogP contribution in [-0.4, -0.2) is 72.6 Å². The van der Waals surface area contributed by atoms with E-state index in [1.807, 2.05) is 52.0 Å². The first kappa shape index (κ1) is 34.8. The number of carbonyl (C=O) groups excluding carboxylic acids is 3. The van der Waals surface area contributed by atoms with Gasteiger partial charge in [-0.3, -0.25) is 9.59 Å². The molecule has 1 aromatic carbocycles. The lowest BCUT2D eigenvalue weighted by Gasteiger charge is -2.38. The van der Waals surface area contributed by atoms with Crippen LogP contribution < -0.4 is 21.3 Å². The molecule has 0 radical (unpaired) electrons. The summed E-state index contributed by atoms with van der Waals surface area (Å²) in [6, 6.07) is 6.74. The zero-order valence-electron chi connectivity index (χ0n) is 25.0. The number of alkyl carbamates (subject to hydrolysis) is 1. The summed E-state index contributed by atoms with van der Waals surface area (Å²) in [4.78, 5) is 40.0. The van der Waals surface area contributed by atoms with E-state index in [2.05, 4.69) is 10.6 Å². The third-order valence-electron chi connectivity index (χ3n) is 8.65. The molecular weight excluding hydrogens is 548 g/mol. The summed E-state index contributed by atoms with van der Waals surface area (Å²) in [7, 11) is 1.31. The monoisotopic (exact) mass is 596 g/mol. The predicted molar refractivity (Wildman–Crippen MR) is 161 cm³/mol. The first-order valence-corrected chi connectivity index (χ1v) is 14.4. The van der Waals surface area contributed by atoms with Crippen molar-refractivity contribution >= 4 is 36.0 Å². The summed E-state index contributed by atoms with van der Waals surface area (Å²) < 4.78 is 4.74. The Hall–Kier alpha value is -2.40. The second kappa shape index (κ2) is 14.7. The lowest BCUT2D eigenvalue weighted by Crippen LogP contribution is -2.51. The summed E-state index contributed by atoms with van der Waals surface area (Å²) in [5.41, 5.74) is 7.02. The van der Waals surface area contributed by atoms with Crippen LogP contribution in [0.3, 0.4) is 0 Å². The molecule has 41 heavy (non-hydrogen) atoms. The number of aliphatic hydroxyl groups excluding tert-OH is 2. The number of aliphatic hydroxyl groups is 2. The van der Waals surface area contributed by atoms with Crippen molar-refractivity contribution in [2.24, 2.45) is 22.5 Å². The number of methoxy groups -OCH3 is 1. The van der Waals surface area contributed by atoms with Crippen LogP contribution in [-0.2, 0) is 20.7 Å². The molecule has 1 aliphatic carbocycles. The number of fused-ring (bicyclic) bond motifs is 1. The van der Waals surface area contributed by atoms with Gasteiger partial charge in [-0.1, -0.05) is 45.9 Å². The van der Waals surface area contributed by atoms with Gasteiger partial charge in [-0.2, -0.15) is 0 Å². The second-order valence-corrected chi connectivity index (χ2v) is 12.9. The molecule has 0 spiro atoms. The fourth-order valence-electron chi connectivity index (χ4n) is 6.06. The summed E-state index contributed by atoms with van der Waals surface area (Å²) in [5, 5.41) is 26.3. The van der Waals surface area contributed by atoms with Crippen LogP contribution in [0.4, 0.5) is 10.5 Å². The van der Waals surface area contributed by atoms with Crippen molar-refractivity contribution in [3.63, 3.8) is 0 Å². The number of hydrogen-bond donors (Lipinski definition) is 5. The van der Waals surface area contributed by atoms with E-state index in [1.165, 1.54) is 7.11 Å². The lowest BCUT2D eigenvalue weighted by molar-refractivity contribution is -0.134. The number of rotatable bonds is 10. The number of ether oxygens (including phenoxy) is 1. The molecule has 0 saturated heterocycles. The molecule has 3 amide bonds. The number of anilines is 1. The Labute approximate surface area is 250 Å². The Kier molecular flexibility index (Phi) is 12.4. The highest BCUT2D eigenvalue weighted by atomic mass is 35.5. The first-order valence-electron chi connectivity index (χ1n) is 14.4. The maximum atomic E-state index is 13.5. The fraction of sp³-hybridized carbons (Fsp3) is 0.700. The molecule has 1 aromatic rings. The van der Waals surface area contributed by atoms with E-state index in [0.717, 1.165) is 24.1 Å². The molecule has 1 unspecified atom stereocenters. The number of hydrogen-bond acceptors (Lipinski definition) is 7. The number of nitrogens with zero attached hydrogens (tertiary/aromatic N) is 1. The van der Waals surface area contributed by atoms with Crippen LogP contribution in [0.15, 0.2) is 24.3 Å². The molecule has 0 aromatic heterocycles. The lowest BCUT2D eigenvalue weighted by atomic mass is 9.70. The van der Waals surface area contributed by atoms with Gasteiger partial charge in [0.1, 0.15) is 0 Å². The first-order chi connectivity index (χ1) is 18.7. The van der Waals surface area contributed by atoms with E-state index in [9.17, 15) is 24.6 Å². The number of nitrogens with two attached hydrogens (primary N) is 1. The molecule has 10 nitrogen and oxygen atoms in total. The van der Waals surface area contributed by atoms with Gasteiger partial charge < -0.3 is 36.2 Å². The highest BCUT2D eigenvalue weighted by Crippen LogP contribution is 2.38. The number of halogens is 1. The number of carbonyl (C=O) groups is 3. The van der Waals surface area contributed by atoms with E-state index in [-0.39, 0.29) is 55.3 Å². The minimum atomic E-state index is -0.966. The molecule has 1 aliphatic heterocycles. The molecule has 1 fully saturated rings. The third-order valence-corrected chi connectivity index (χ3v) is 8.65. The Bertz CT molecular complexity index is 1040. The van der Waals surface area contributed by atoms with Gasteiger partial charge in [-0.25, -0.2) is 4.79 Å². The molecular formula is C30H49ClN4O6. The topological polar surface area (TPSA) is 154 Å². The van der Waals surface area contributed by atoms with Crippen LogP contribution in [0.5, 0.6) is 0 Å². The third kappa shape index (κ3) is 9.30. The molecule has 11 heteroatoms. The average Bonchev–Trinajstić information content (AvgIpc) is 2.90. The highest BCUT2D eigenvalue weighted by molar-refractivity contribution is 5.95. The van der Waals surface area contributed by atoms with Crippen molar-refractivity contribution in [2.75, 3.05) is 25.1 Å². The van der Waals surface area contributed by atoms with Gasteiger partial charge in [0.25, 0.3) is 0 Å². The largest absolute Gasteiger partial charge is 0.453 e.